The lowest BCUT2D eigenvalue weighted by molar-refractivity contribution is 0.0939. The normalized spacial score (nSPS) is 12.0. The molecule has 0 saturated carbocycles. The van der Waals surface area contributed by atoms with Gasteiger partial charge in [0.05, 0.1) is 6.04 Å². The molecule has 3 nitrogen and oxygen atoms in total. The maximum Gasteiger partial charge on any atom is 0.251 e. The van der Waals surface area contributed by atoms with Gasteiger partial charge in [0.25, 0.3) is 5.91 Å². The van der Waals surface area contributed by atoms with Crippen LogP contribution < -0.4 is 11.1 Å². The molecule has 1 unspecified atom stereocenters. The van der Waals surface area contributed by atoms with E-state index in [9.17, 15) is 13.6 Å². The smallest absolute Gasteiger partial charge is 0.251 e. The highest BCUT2D eigenvalue weighted by molar-refractivity contribution is 5.94. The zero-order valence-corrected chi connectivity index (χ0v) is 11.6. The SMILES string of the molecule is CC(NC(=O)c1ccc(F)c(F)c1)c1ccc(CN)cc1. The molecule has 1 atom stereocenters. The molecule has 0 aliphatic carbocycles. The molecule has 0 radical (unpaired) electrons. The number of hydrogen-bond acceptors (Lipinski definition) is 2. The van der Waals surface area contributed by atoms with E-state index in [1.54, 1.807) is 0 Å². The predicted molar refractivity (Wildman–Crippen MR) is 76.6 cm³/mol. The Labute approximate surface area is 121 Å². The fourth-order valence-electron chi connectivity index (χ4n) is 1.94. The van der Waals surface area contributed by atoms with Crippen LogP contribution in [0.25, 0.3) is 0 Å². The third kappa shape index (κ3) is 3.64. The van der Waals surface area contributed by atoms with Crippen LogP contribution in [0.3, 0.4) is 0 Å². The molecule has 2 rings (SSSR count). The zero-order chi connectivity index (χ0) is 15.4. The molecule has 5 heteroatoms. The fraction of sp³-hybridized carbons (Fsp3) is 0.188. The molecule has 110 valence electrons. The largest absolute Gasteiger partial charge is 0.346 e. The lowest BCUT2D eigenvalue weighted by Crippen LogP contribution is -2.26. The predicted octanol–water partition coefficient (Wildman–Crippen LogP) is 2.91. The summed E-state index contributed by atoms with van der Waals surface area (Å²) in [6, 6.07) is 10.3. The van der Waals surface area contributed by atoms with Gasteiger partial charge >= 0.3 is 0 Å². The summed E-state index contributed by atoms with van der Waals surface area (Å²) in [5, 5.41) is 2.74. The van der Waals surface area contributed by atoms with Gasteiger partial charge < -0.3 is 11.1 Å². The van der Waals surface area contributed by atoms with Crippen LogP contribution in [0.2, 0.25) is 0 Å². The minimum atomic E-state index is -1.04. The Balaban J connectivity index is 2.08. The lowest BCUT2D eigenvalue weighted by Gasteiger charge is -2.15. The lowest BCUT2D eigenvalue weighted by atomic mass is 10.1. The third-order valence-corrected chi connectivity index (χ3v) is 3.24. The van der Waals surface area contributed by atoms with Gasteiger partial charge in [-0.05, 0) is 36.2 Å². The molecule has 2 aromatic carbocycles. The summed E-state index contributed by atoms with van der Waals surface area (Å²) in [5.41, 5.74) is 7.51. The Morgan fingerprint density at radius 1 is 1.14 bits per heavy atom. The number of nitrogens with two attached hydrogens (primary N) is 1. The maximum absolute atomic E-state index is 13.1. The quantitative estimate of drug-likeness (QED) is 0.909. The van der Waals surface area contributed by atoms with Gasteiger partial charge in [-0.2, -0.15) is 0 Å². The molecular weight excluding hydrogens is 274 g/mol. The molecule has 0 aliphatic heterocycles. The Morgan fingerprint density at radius 3 is 2.38 bits per heavy atom. The van der Waals surface area contributed by atoms with E-state index >= 15 is 0 Å². The standard InChI is InChI=1S/C16H16F2N2O/c1-10(12-4-2-11(9-19)3-5-12)20-16(21)13-6-7-14(17)15(18)8-13/h2-8,10H,9,19H2,1H3,(H,20,21). The van der Waals surface area contributed by atoms with Crippen LogP contribution in [0.4, 0.5) is 8.78 Å². The van der Waals surface area contributed by atoms with Crippen LogP contribution in [-0.4, -0.2) is 5.91 Å². The van der Waals surface area contributed by atoms with Gasteiger partial charge in [0.1, 0.15) is 0 Å². The molecule has 0 bridgehead atoms. The summed E-state index contributed by atoms with van der Waals surface area (Å²) < 4.78 is 26.0. The van der Waals surface area contributed by atoms with Crippen molar-refractivity contribution in [2.24, 2.45) is 5.73 Å². The summed E-state index contributed by atoms with van der Waals surface area (Å²) in [4.78, 5) is 12.0. The van der Waals surface area contributed by atoms with Gasteiger partial charge in [0, 0.05) is 12.1 Å². The van der Waals surface area contributed by atoms with E-state index in [2.05, 4.69) is 5.32 Å². The molecule has 0 aliphatic rings. The van der Waals surface area contributed by atoms with Crippen molar-refractivity contribution in [1.29, 1.82) is 0 Å². The minimum absolute atomic E-state index is 0.0827. The molecular formula is C16H16F2N2O. The van der Waals surface area contributed by atoms with Crippen molar-refractivity contribution in [3.8, 4) is 0 Å². The maximum atomic E-state index is 13.1. The van der Waals surface area contributed by atoms with Crippen LogP contribution in [0.1, 0.15) is 34.5 Å². The van der Waals surface area contributed by atoms with Crippen LogP contribution in [0.15, 0.2) is 42.5 Å². The van der Waals surface area contributed by atoms with E-state index in [0.29, 0.717) is 6.54 Å². The first-order valence-corrected chi connectivity index (χ1v) is 6.56. The van der Waals surface area contributed by atoms with E-state index in [4.69, 9.17) is 5.73 Å². The molecule has 0 heterocycles. The van der Waals surface area contributed by atoms with Crippen molar-refractivity contribution in [2.75, 3.05) is 0 Å². The molecule has 0 saturated heterocycles. The number of carbonyl (C=O) groups is 1. The van der Waals surface area contributed by atoms with E-state index in [-0.39, 0.29) is 11.6 Å². The number of carbonyl (C=O) groups excluding carboxylic acids is 1. The van der Waals surface area contributed by atoms with Crippen LogP contribution in [-0.2, 0) is 6.54 Å². The first-order valence-electron chi connectivity index (χ1n) is 6.56. The van der Waals surface area contributed by atoms with Crippen LogP contribution in [0, 0.1) is 11.6 Å². The molecule has 0 spiro atoms. The van der Waals surface area contributed by atoms with Crippen molar-refractivity contribution in [1.82, 2.24) is 5.32 Å². The minimum Gasteiger partial charge on any atom is -0.346 e. The van der Waals surface area contributed by atoms with Crippen molar-refractivity contribution in [3.63, 3.8) is 0 Å². The van der Waals surface area contributed by atoms with Crippen LogP contribution in [0.5, 0.6) is 0 Å². The molecule has 2 aromatic rings. The van der Waals surface area contributed by atoms with Crippen molar-refractivity contribution < 1.29 is 13.6 Å². The Kier molecular flexibility index (Phi) is 4.65. The van der Waals surface area contributed by atoms with Gasteiger partial charge in [-0.3, -0.25) is 4.79 Å². The van der Waals surface area contributed by atoms with E-state index in [1.165, 1.54) is 6.07 Å². The highest BCUT2D eigenvalue weighted by Crippen LogP contribution is 2.15. The summed E-state index contributed by atoms with van der Waals surface area (Å²) in [6.45, 7) is 2.27. The van der Waals surface area contributed by atoms with Crippen molar-refractivity contribution in [3.05, 3.63) is 70.8 Å². The van der Waals surface area contributed by atoms with Gasteiger partial charge in [-0.25, -0.2) is 8.78 Å². The first-order chi connectivity index (χ1) is 10.0. The number of rotatable bonds is 4. The highest BCUT2D eigenvalue weighted by atomic mass is 19.2. The summed E-state index contributed by atoms with van der Waals surface area (Å²) in [5.74, 6) is -2.47. The third-order valence-electron chi connectivity index (χ3n) is 3.24. The summed E-state index contributed by atoms with van der Waals surface area (Å²) in [6.07, 6.45) is 0. The first kappa shape index (κ1) is 15.1. The average Bonchev–Trinajstić information content (AvgIpc) is 2.50. The summed E-state index contributed by atoms with van der Waals surface area (Å²) >= 11 is 0. The fourth-order valence-corrected chi connectivity index (χ4v) is 1.94. The zero-order valence-electron chi connectivity index (χ0n) is 11.6. The Morgan fingerprint density at radius 2 is 1.81 bits per heavy atom. The van der Waals surface area contributed by atoms with E-state index in [1.807, 2.05) is 31.2 Å². The topological polar surface area (TPSA) is 55.1 Å². The number of amides is 1. The van der Waals surface area contributed by atoms with Gasteiger partial charge in [0.2, 0.25) is 0 Å². The number of benzene rings is 2. The molecule has 1 amide bonds. The molecule has 0 fully saturated rings. The second-order valence-electron chi connectivity index (χ2n) is 4.77. The monoisotopic (exact) mass is 290 g/mol. The van der Waals surface area contributed by atoms with Gasteiger partial charge in [-0.15, -0.1) is 0 Å². The molecule has 3 N–H and O–H groups in total. The molecule has 0 aromatic heterocycles. The Hall–Kier alpha value is -2.27. The Bertz CT molecular complexity index is 641. The highest BCUT2D eigenvalue weighted by Gasteiger charge is 2.13. The van der Waals surface area contributed by atoms with Gasteiger partial charge in [0.15, 0.2) is 11.6 Å². The van der Waals surface area contributed by atoms with Crippen molar-refractivity contribution in [2.45, 2.75) is 19.5 Å². The van der Waals surface area contributed by atoms with E-state index in [0.717, 1.165) is 23.3 Å². The van der Waals surface area contributed by atoms with Crippen molar-refractivity contribution >= 4 is 5.91 Å². The molecule has 21 heavy (non-hydrogen) atoms. The van der Waals surface area contributed by atoms with Gasteiger partial charge in [-0.1, -0.05) is 24.3 Å². The average molecular weight is 290 g/mol. The second kappa shape index (κ2) is 6.45. The van der Waals surface area contributed by atoms with E-state index < -0.39 is 17.5 Å². The summed E-state index contributed by atoms with van der Waals surface area (Å²) in [7, 11) is 0. The number of hydrogen-bond donors (Lipinski definition) is 2. The number of nitrogens with one attached hydrogen (secondary N) is 1. The van der Waals surface area contributed by atoms with Crippen LogP contribution >= 0.6 is 0 Å². The second-order valence-corrected chi connectivity index (χ2v) is 4.77. The number of halogens is 2.